The van der Waals surface area contributed by atoms with E-state index < -0.39 is 5.97 Å². The SMILES string of the molecule is COCc1c(C(=O)O)sc2nc(-c3ccccc3)c(C)n12. The van der Waals surface area contributed by atoms with E-state index in [0.29, 0.717) is 10.7 Å². The van der Waals surface area contributed by atoms with E-state index in [1.54, 1.807) is 7.11 Å². The number of methoxy groups -OCH3 is 1. The molecule has 0 radical (unpaired) electrons. The molecule has 5 nitrogen and oxygen atoms in total. The van der Waals surface area contributed by atoms with Crippen molar-refractivity contribution in [2.24, 2.45) is 0 Å². The molecule has 21 heavy (non-hydrogen) atoms. The molecule has 0 saturated carbocycles. The first-order valence-electron chi connectivity index (χ1n) is 6.42. The largest absolute Gasteiger partial charge is 0.477 e. The minimum atomic E-state index is -0.946. The second kappa shape index (κ2) is 5.31. The van der Waals surface area contributed by atoms with Crippen LogP contribution in [-0.4, -0.2) is 27.6 Å². The summed E-state index contributed by atoms with van der Waals surface area (Å²) in [6.07, 6.45) is 0. The molecule has 3 aromatic rings. The lowest BCUT2D eigenvalue weighted by atomic mass is 10.1. The normalized spacial score (nSPS) is 11.1. The molecule has 0 spiro atoms. The van der Waals surface area contributed by atoms with Crippen LogP contribution in [0.5, 0.6) is 0 Å². The number of hydrogen-bond acceptors (Lipinski definition) is 4. The fourth-order valence-corrected chi connectivity index (χ4v) is 3.43. The van der Waals surface area contributed by atoms with Gasteiger partial charge in [0.2, 0.25) is 0 Å². The Morgan fingerprint density at radius 3 is 2.71 bits per heavy atom. The van der Waals surface area contributed by atoms with Crippen LogP contribution in [0, 0.1) is 6.92 Å². The maximum absolute atomic E-state index is 11.3. The molecule has 1 aromatic carbocycles. The van der Waals surface area contributed by atoms with Crippen molar-refractivity contribution >= 4 is 22.3 Å². The number of aromatic nitrogens is 2. The lowest BCUT2D eigenvalue weighted by Crippen LogP contribution is -2.03. The number of benzene rings is 1. The van der Waals surface area contributed by atoms with Gasteiger partial charge in [0, 0.05) is 18.4 Å². The van der Waals surface area contributed by atoms with Gasteiger partial charge in [-0.2, -0.15) is 0 Å². The average molecular weight is 302 g/mol. The van der Waals surface area contributed by atoms with Gasteiger partial charge in [-0.25, -0.2) is 9.78 Å². The number of ether oxygens (including phenoxy) is 1. The standard InChI is InChI=1S/C15H14N2O3S/c1-9-12(10-6-4-3-5-7-10)16-15-17(9)11(8-20-2)13(21-15)14(18)19/h3-7H,8H2,1-2H3,(H,18,19). The summed E-state index contributed by atoms with van der Waals surface area (Å²) in [5, 5.41) is 9.30. The molecule has 0 aliphatic carbocycles. The molecule has 0 fully saturated rings. The van der Waals surface area contributed by atoms with Gasteiger partial charge >= 0.3 is 5.97 Å². The van der Waals surface area contributed by atoms with Gasteiger partial charge in [0.15, 0.2) is 4.96 Å². The summed E-state index contributed by atoms with van der Waals surface area (Å²) in [4.78, 5) is 16.9. The van der Waals surface area contributed by atoms with E-state index in [-0.39, 0.29) is 11.5 Å². The molecule has 0 bridgehead atoms. The monoisotopic (exact) mass is 302 g/mol. The number of aromatic carboxylic acids is 1. The Morgan fingerprint density at radius 1 is 1.38 bits per heavy atom. The third-order valence-corrected chi connectivity index (χ3v) is 4.40. The van der Waals surface area contributed by atoms with Gasteiger partial charge in [0.05, 0.1) is 18.0 Å². The van der Waals surface area contributed by atoms with Crippen LogP contribution in [0.4, 0.5) is 0 Å². The van der Waals surface area contributed by atoms with Crippen LogP contribution < -0.4 is 0 Å². The lowest BCUT2D eigenvalue weighted by Gasteiger charge is -2.03. The molecule has 0 unspecified atom stereocenters. The van der Waals surface area contributed by atoms with Gasteiger partial charge < -0.3 is 9.84 Å². The lowest BCUT2D eigenvalue weighted by molar-refractivity contribution is 0.0696. The molecule has 0 atom stereocenters. The second-order valence-electron chi connectivity index (χ2n) is 4.65. The minimum absolute atomic E-state index is 0.243. The molecule has 3 rings (SSSR count). The van der Waals surface area contributed by atoms with Gasteiger partial charge in [0.25, 0.3) is 0 Å². The number of thiazole rings is 1. The van der Waals surface area contributed by atoms with E-state index in [1.165, 1.54) is 11.3 Å². The summed E-state index contributed by atoms with van der Waals surface area (Å²) in [7, 11) is 1.56. The molecule has 0 aliphatic heterocycles. The van der Waals surface area contributed by atoms with Crippen molar-refractivity contribution in [3.8, 4) is 11.3 Å². The van der Waals surface area contributed by atoms with Crippen molar-refractivity contribution in [1.29, 1.82) is 0 Å². The molecule has 2 heterocycles. The van der Waals surface area contributed by atoms with Crippen LogP contribution >= 0.6 is 11.3 Å². The van der Waals surface area contributed by atoms with Crippen LogP contribution in [0.2, 0.25) is 0 Å². The van der Waals surface area contributed by atoms with E-state index in [9.17, 15) is 9.90 Å². The molecule has 0 aliphatic rings. The highest BCUT2D eigenvalue weighted by Gasteiger charge is 2.22. The van der Waals surface area contributed by atoms with Gasteiger partial charge in [-0.05, 0) is 6.92 Å². The average Bonchev–Trinajstić information content (AvgIpc) is 2.99. The number of carbonyl (C=O) groups is 1. The Hall–Kier alpha value is -2.18. The summed E-state index contributed by atoms with van der Waals surface area (Å²) in [5.74, 6) is -0.946. The Bertz CT molecular complexity index is 805. The molecule has 0 saturated heterocycles. The van der Waals surface area contributed by atoms with Crippen molar-refractivity contribution in [3.05, 3.63) is 46.6 Å². The number of aryl methyl sites for hydroxylation is 1. The van der Waals surface area contributed by atoms with Gasteiger partial charge in [-0.1, -0.05) is 41.7 Å². The van der Waals surface area contributed by atoms with Crippen LogP contribution in [0.25, 0.3) is 16.2 Å². The number of carboxylic acid groups (broad SMARTS) is 1. The zero-order valence-corrected chi connectivity index (χ0v) is 12.5. The summed E-state index contributed by atoms with van der Waals surface area (Å²) < 4.78 is 7.02. The quantitative estimate of drug-likeness (QED) is 0.803. The fraction of sp³-hybridized carbons (Fsp3) is 0.200. The van der Waals surface area contributed by atoms with Crippen molar-refractivity contribution < 1.29 is 14.6 Å². The van der Waals surface area contributed by atoms with E-state index in [1.807, 2.05) is 41.7 Å². The number of rotatable bonds is 4. The zero-order valence-electron chi connectivity index (χ0n) is 11.7. The highest BCUT2D eigenvalue weighted by Crippen LogP contribution is 2.31. The van der Waals surface area contributed by atoms with E-state index in [0.717, 1.165) is 17.0 Å². The van der Waals surface area contributed by atoms with Crippen LogP contribution in [-0.2, 0) is 11.3 Å². The smallest absolute Gasteiger partial charge is 0.347 e. The highest BCUT2D eigenvalue weighted by molar-refractivity contribution is 7.19. The summed E-state index contributed by atoms with van der Waals surface area (Å²) in [5.41, 5.74) is 3.45. The van der Waals surface area contributed by atoms with Crippen molar-refractivity contribution in [2.75, 3.05) is 7.11 Å². The Morgan fingerprint density at radius 2 is 2.10 bits per heavy atom. The van der Waals surface area contributed by atoms with E-state index in [2.05, 4.69) is 4.98 Å². The maximum Gasteiger partial charge on any atom is 0.347 e. The number of imidazole rings is 1. The molecule has 2 aromatic heterocycles. The fourth-order valence-electron chi connectivity index (χ4n) is 2.42. The molecular weight excluding hydrogens is 288 g/mol. The zero-order chi connectivity index (χ0) is 15.0. The Kier molecular flexibility index (Phi) is 3.48. The molecule has 108 valence electrons. The summed E-state index contributed by atoms with van der Waals surface area (Å²) >= 11 is 1.17. The summed E-state index contributed by atoms with van der Waals surface area (Å²) in [6, 6.07) is 9.86. The van der Waals surface area contributed by atoms with Gasteiger partial charge in [-0.15, -0.1) is 0 Å². The number of fused-ring (bicyclic) bond motifs is 1. The molecule has 1 N–H and O–H groups in total. The van der Waals surface area contributed by atoms with Crippen LogP contribution in [0.3, 0.4) is 0 Å². The topological polar surface area (TPSA) is 63.8 Å². The number of hydrogen-bond donors (Lipinski definition) is 1. The number of nitrogens with zero attached hydrogens (tertiary/aromatic N) is 2. The third-order valence-electron chi connectivity index (χ3n) is 3.32. The van der Waals surface area contributed by atoms with Crippen LogP contribution in [0.1, 0.15) is 21.1 Å². The Labute approximate surface area is 125 Å². The minimum Gasteiger partial charge on any atom is -0.477 e. The van der Waals surface area contributed by atoms with Gasteiger partial charge in [0.1, 0.15) is 4.88 Å². The van der Waals surface area contributed by atoms with Crippen molar-refractivity contribution in [1.82, 2.24) is 9.38 Å². The van der Waals surface area contributed by atoms with E-state index in [4.69, 9.17) is 4.74 Å². The molecular formula is C15H14N2O3S. The predicted octanol–water partition coefficient (Wildman–Crippen LogP) is 3.22. The number of carboxylic acids is 1. The van der Waals surface area contributed by atoms with Crippen molar-refractivity contribution in [2.45, 2.75) is 13.5 Å². The first kappa shape index (κ1) is 13.8. The molecule has 0 amide bonds. The first-order valence-corrected chi connectivity index (χ1v) is 7.23. The Balaban J connectivity index is 2.25. The summed E-state index contributed by atoms with van der Waals surface area (Å²) in [6.45, 7) is 2.19. The molecule has 6 heteroatoms. The van der Waals surface area contributed by atoms with Gasteiger partial charge in [-0.3, -0.25) is 4.40 Å². The predicted molar refractivity (Wildman–Crippen MR) is 80.9 cm³/mol. The van der Waals surface area contributed by atoms with E-state index >= 15 is 0 Å². The van der Waals surface area contributed by atoms with Crippen LogP contribution in [0.15, 0.2) is 30.3 Å². The first-order chi connectivity index (χ1) is 10.1. The maximum atomic E-state index is 11.3. The van der Waals surface area contributed by atoms with Crippen molar-refractivity contribution in [3.63, 3.8) is 0 Å². The second-order valence-corrected chi connectivity index (χ2v) is 5.62. The third kappa shape index (κ3) is 2.22. The highest BCUT2D eigenvalue weighted by atomic mass is 32.1.